The van der Waals surface area contributed by atoms with Crippen molar-refractivity contribution in [1.29, 1.82) is 0 Å². The third kappa shape index (κ3) is 43.5. The number of carbonyl (C=O) groups excluding carboxylic acids is 1. The van der Waals surface area contributed by atoms with Crippen molar-refractivity contribution in [3.8, 4) is 0 Å². The largest absolute Gasteiger partial charge is 0.466 e. The van der Waals surface area contributed by atoms with Gasteiger partial charge in [0.25, 0.3) is 0 Å². The average molecular weight is 677 g/mol. The Hall–Kier alpha value is -0.530. The summed E-state index contributed by atoms with van der Waals surface area (Å²) in [6.07, 6.45) is 57.9. The van der Waals surface area contributed by atoms with Gasteiger partial charge in [0.2, 0.25) is 0 Å². The lowest BCUT2D eigenvalue weighted by atomic mass is 10.0. The highest BCUT2D eigenvalue weighted by Gasteiger charge is 2.03. The van der Waals surface area contributed by atoms with Crippen LogP contribution in [-0.4, -0.2) is 12.6 Å². The summed E-state index contributed by atoms with van der Waals surface area (Å²) in [7, 11) is 0. The fraction of sp³-hybridized carbons (Fsp3) is 0.978. The molecule has 2 nitrogen and oxygen atoms in total. The molecule has 48 heavy (non-hydrogen) atoms. The Kier molecular flexibility index (Phi) is 44.0. The van der Waals surface area contributed by atoms with E-state index in [-0.39, 0.29) is 5.97 Å². The molecule has 0 amide bonds. The van der Waals surface area contributed by atoms with Crippen molar-refractivity contribution in [3.63, 3.8) is 0 Å². The minimum atomic E-state index is 0.0330. The molecule has 0 aliphatic carbocycles. The number of carbonyl (C=O) groups is 1. The molecule has 0 spiro atoms. The van der Waals surface area contributed by atoms with Gasteiger partial charge in [-0.3, -0.25) is 4.79 Å². The first kappa shape index (κ1) is 47.5. The Balaban J connectivity index is 3.14. The van der Waals surface area contributed by atoms with Crippen LogP contribution in [0.1, 0.15) is 284 Å². The SMILES string of the molecule is CCCCCCCCCCCCCCCCCCCCCCCC(=O)OCCCCCCCCCCCCCCCCCCCCCC. The molecule has 0 unspecified atom stereocenters. The topological polar surface area (TPSA) is 26.3 Å². The molecule has 0 N–H and O–H groups in total. The van der Waals surface area contributed by atoms with Gasteiger partial charge in [-0.1, -0.05) is 264 Å². The van der Waals surface area contributed by atoms with Crippen molar-refractivity contribution in [1.82, 2.24) is 0 Å². The molecule has 0 aliphatic heterocycles. The maximum atomic E-state index is 12.0. The van der Waals surface area contributed by atoms with Crippen LogP contribution < -0.4 is 0 Å². The van der Waals surface area contributed by atoms with Crippen LogP contribution in [0.2, 0.25) is 0 Å². The van der Waals surface area contributed by atoms with E-state index in [1.54, 1.807) is 0 Å². The van der Waals surface area contributed by atoms with Gasteiger partial charge in [-0.2, -0.15) is 0 Å². The normalized spacial score (nSPS) is 11.5. The van der Waals surface area contributed by atoms with Gasteiger partial charge < -0.3 is 4.74 Å². The van der Waals surface area contributed by atoms with Gasteiger partial charge >= 0.3 is 5.97 Å². The first-order chi connectivity index (χ1) is 23.8. The Morgan fingerprint density at radius 3 is 0.688 bits per heavy atom. The Labute approximate surface area is 304 Å². The molecule has 288 valence electrons. The zero-order valence-corrected chi connectivity index (χ0v) is 33.7. The second-order valence-corrected chi connectivity index (χ2v) is 15.8. The highest BCUT2D eigenvalue weighted by atomic mass is 16.5. The molecule has 0 fully saturated rings. The monoisotopic (exact) mass is 677 g/mol. The van der Waals surface area contributed by atoms with Crippen molar-refractivity contribution in [3.05, 3.63) is 0 Å². The van der Waals surface area contributed by atoms with Crippen LogP contribution in [0.5, 0.6) is 0 Å². The van der Waals surface area contributed by atoms with E-state index in [0.717, 1.165) is 12.8 Å². The Morgan fingerprint density at radius 1 is 0.271 bits per heavy atom. The van der Waals surface area contributed by atoms with Gasteiger partial charge in [0.05, 0.1) is 6.61 Å². The second kappa shape index (κ2) is 44.5. The summed E-state index contributed by atoms with van der Waals surface area (Å²) in [6.45, 7) is 5.24. The first-order valence-electron chi connectivity index (χ1n) is 23.0. The van der Waals surface area contributed by atoms with E-state index in [0.29, 0.717) is 13.0 Å². The summed E-state index contributed by atoms with van der Waals surface area (Å²) >= 11 is 0. The van der Waals surface area contributed by atoms with Gasteiger partial charge in [0.1, 0.15) is 0 Å². The molecular weight excluding hydrogens is 585 g/mol. The van der Waals surface area contributed by atoms with Gasteiger partial charge in [-0.05, 0) is 12.8 Å². The van der Waals surface area contributed by atoms with Crippen molar-refractivity contribution in [2.45, 2.75) is 284 Å². The molecule has 0 aromatic heterocycles. The van der Waals surface area contributed by atoms with Gasteiger partial charge in [-0.15, -0.1) is 0 Å². The minimum Gasteiger partial charge on any atom is -0.466 e. The molecule has 0 saturated heterocycles. The molecule has 0 aromatic carbocycles. The molecule has 0 radical (unpaired) electrons. The Bertz CT molecular complexity index is 524. The van der Waals surface area contributed by atoms with Crippen LogP contribution in [0, 0.1) is 0 Å². The molecule has 0 atom stereocenters. The third-order valence-electron chi connectivity index (χ3n) is 10.7. The predicted molar refractivity (Wildman–Crippen MR) is 216 cm³/mol. The molecule has 0 bridgehead atoms. The number of rotatable bonds is 43. The van der Waals surface area contributed by atoms with Gasteiger partial charge in [0.15, 0.2) is 0 Å². The van der Waals surface area contributed by atoms with Crippen molar-refractivity contribution < 1.29 is 9.53 Å². The number of hydrogen-bond donors (Lipinski definition) is 0. The maximum absolute atomic E-state index is 12.0. The standard InChI is InChI=1S/C46H92O2/c1-3-5-7-9-11-13-15-17-19-21-23-25-26-28-30-32-34-36-38-40-42-44-46(47)48-45-43-41-39-37-35-33-31-29-27-24-22-20-18-16-14-12-10-8-6-4-2/h3-45H2,1-2H3. The molecule has 0 saturated carbocycles. The zero-order valence-electron chi connectivity index (χ0n) is 33.7. The third-order valence-corrected chi connectivity index (χ3v) is 10.7. The second-order valence-electron chi connectivity index (χ2n) is 15.8. The number of hydrogen-bond acceptors (Lipinski definition) is 2. The van der Waals surface area contributed by atoms with Crippen LogP contribution in [-0.2, 0) is 9.53 Å². The maximum Gasteiger partial charge on any atom is 0.305 e. The lowest BCUT2D eigenvalue weighted by molar-refractivity contribution is -0.143. The van der Waals surface area contributed by atoms with Crippen LogP contribution >= 0.6 is 0 Å². The summed E-state index contributed by atoms with van der Waals surface area (Å²) in [5, 5.41) is 0. The van der Waals surface area contributed by atoms with E-state index in [2.05, 4.69) is 13.8 Å². The highest BCUT2D eigenvalue weighted by molar-refractivity contribution is 5.69. The molecule has 0 heterocycles. The Morgan fingerprint density at radius 2 is 0.458 bits per heavy atom. The van der Waals surface area contributed by atoms with Crippen molar-refractivity contribution >= 4 is 5.97 Å². The fourth-order valence-electron chi connectivity index (χ4n) is 7.32. The van der Waals surface area contributed by atoms with E-state index < -0.39 is 0 Å². The minimum absolute atomic E-state index is 0.0330. The smallest absolute Gasteiger partial charge is 0.305 e. The van der Waals surface area contributed by atoms with Crippen molar-refractivity contribution in [2.24, 2.45) is 0 Å². The van der Waals surface area contributed by atoms with Crippen LogP contribution in [0.25, 0.3) is 0 Å². The van der Waals surface area contributed by atoms with E-state index in [1.807, 2.05) is 0 Å². The molecule has 0 aromatic rings. The van der Waals surface area contributed by atoms with E-state index >= 15 is 0 Å². The summed E-state index contributed by atoms with van der Waals surface area (Å²) in [6, 6.07) is 0. The van der Waals surface area contributed by atoms with E-state index in [9.17, 15) is 4.79 Å². The van der Waals surface area contributed by atoms with Crippen LogP contribution in [0.3, 0.4) is 0 Å². The lowest BCUT2D eigenvalue weighted by Crippen LogP contribution is -2.05. The number of ether oxygens (including phenoxy) is 1. The number of esters is 1. The summed E-state index contributed by atoms with van der Waals surface area (Å²) in [5.74, 6) is 0.0330. The summed E-state index contributed by atoms with van der Waals surface area (Å²) in [5.41, 5.74) is 0. The van der Waals surface area contributed by atoms with E-state index in [1.165, 1.54) is 250 Å². The number of unbranched alkanes of at least 4 members (excludes halogenated alkanes) is 39. The summed E-state index contributed by atoms with van der Waals surface area (Å²) < 4.78 is 5.48. The lowest BCUT2D eigenvalue weighted by Gasteiger charge is -2.06. The van der Waals surface area contributed by atoms with Crippen LogP contribution in [0.4, 0.5) is 0 Å². The molecule has 0 rings (SSSR count). The van der Waals surface area contributed by atoms with Gasteiger partial charge in [-0.25, -0.2) is 0 Å². The molecular formula is C46H92O2. The fourth-order valence-corrected chi connectivity index (χ4v) is 7.32. The zero-order chi connectivity index (χ0) is 34.7. The average Bonchev–Trinajstić information content (AvgIpc) is 3.09. The summed E-state index contributed by atoms with van der Waals surface area (Å²) in [4.78, 5) is 12.0. The highest BCUT2D eigenvalue weighted by Crippen LogP contribution is 2.17. The quantitative estimate of drug-likeness (QED) is 0.0474. The first-order valence-corrected chi connectivity index (χ1v) is 23.0. The predicted octanol–water partition coefficient (Wildman–Crippen LogP) is 17.0. The van der Waals surface area contributed by atoms with Crippen LogP contribution in [0.15, 0.2) is 0 Å². The molecule has 0 aliphatic rings. The van der Waals surface area contributed by atoms with E-state index in [4.69, 9.17) is 4.74 Å². The van der Waals surface area contributed by atoms with Crippen molar-refractivity contribution in [2.75, 3.05) is 6.61 Å². The molecule has 2 heteroatoms. The van der Waals surface area contributed by atoms with Gasteiger partial charge in [0, 0.05) is 6.42 Å².